The van der Waals surface area contributed by atoms with E-state index in [9.17, 15) is 12.8 Å². The Morgan fingerprint density at radius 1 is 1.18 bits per heavy atom. The van der Waals surface area contributed by atoms with Crippen LogP contribution in [-0.2, 0) is 15.4 Å². The quantitative estimate of drug-likeness (QED) is 0.703. The number of hydrogen-bond acceptors (Lipinski definition) is 5. The Bertz CT molecular complexity index is 913. The monoisotopic (exact) mass is 406 g/mol. The van der Waals surface area contributed by atoms with Crippen molar-refractivity contribution in [3.05, 3.63) is 47.9 Å². The molecule has 2 aromatic heterocycles. The van der Waals surface area contributed by atoms with Crippen LogP contribution in [0.4, 0.5) is 10.2 Å². The molecule has 0 amide bonds. The molecule has 3 rings (SSSR count). The molecule has 0 atom stereocenters. The lowest BCUT2D eigenvalue weighted by Gasteiger charge is -2.34. The van der Waals surface area contributed by atoms with Crippen LogP contribution in [0.15, 0.2) is 41.6 Å². The standard InChI is InChI=1S/C20H27FN4O2S/c1-14-4-5-18(19(24-14)25-17-10-15(11-17)12-21)28(26,27)23-13-20(2,3)16-6-8-22-9-7-16/h4-9,15,17,23H,10-13H2,1-3H3,(H,24,25). The van der Waals surface area contributed by atoms with Crippen LogP contribution >= 0.6 is 0 Å². The molecular weight excluding hydrogens is 379 g/mol. The van der Waals surface area contributed by atoms with E-state index in [2.05, 4.69) is 20.0 Å². The summed E-state index contributed by atoms with van der Waals surface area (Å²) in [5, 5.41) is 3.18. The van der Waals surface area contributed by atoms with E-state index in [4.69, 9.17) is 0 Å². The Hall–Kier alpha value is -2.06. The molecule has 0 aromatic carbocycles. The van der Waals surface area contributed by atoms with Crippen molar-refractivity contribution in [3.8, 4) is 0 Å². The summed E-state index contributed by atoms with van der Waals surface area (Å²) in [5.41, 5.74) is 1.32. The van der Waals surface area contributed by atoms with Crippen molar-refractivity contribution in [1.29, 1.82) is 0 Å². The number of aryl methyl sites for hydroxylation is 1. The number of sulfonamides is 1. The van der Waals surface area contributed by atoms with Crippen LogP contribution in [0.3, 0.4) is 0 Å². The van der Waals surface area contributed by atoms with Gasteiger partial charge in [-0.1, -0.05) is 13.8 Å². The molecule has 8 heteroatoms. The van der Waals surface area contributed by atoms with Gasteiger partial charge in [-0.15, -0.1) is 0 Å². The molecule has 0 radical (unpaired) electrons. The third-order valence-electron chi connectivity index (χ3n) is 5.25. The second-order valence-electron chi connectivity index (χ2n) is 8.08. The van der Waals surface area contributed by atoms with E-state index in [1.165, 1.54) is 0 Å². The summed E-state index contributed by atoms with van der Waals surface area (Å²) in [4.78, 5) is 8.51. The molecule has 0 unspecified atom stereocenters. The third-order valence-corrected chi connectivity index (χ3v) is 6.68. The summed E-state index contributed by atoms with van der Waals surface area (Å²) in [6.07, 6.45) is 4.77. The van der Waals surface area contributed by atoms with Crippen molar-refractivity contribution in [2.24, 2.45) is 5.92 Å². The number of nitrogens with zero attached hydrogens (tertiary/aromatic N) is 2. The van der Waals surface area contributed by atoms with Gasteiger partial charge in [-0.05, 0) is 55.5 Å². The molecule has 152 valence electrons. The summed E-state index contributed by atoms with van der Waals surface area (Å²) in [6, 6.07) is 7.06. The average molecular weight is 407 g/mol. The lowest BCUT2D eigenvalue weighted by molar-refractivity contribution is 0.221. The van der Waals surface area contributed by atoms with Crippen LogP contribution in [0.25, 0.3) is 0 Å². The highest BCUT2D eigenvalue weighted by Gasteiger charge is 2.31. The van der Waals surface area contributed by atoms with Crippen LogP contribution in [-0.4, -0.2) is 37.6 Å². The smallest absolute Gasteiger partial charge is 0.244 e. The lowest BCUT2D eigenvalue weighted by atomic mass is 9.81. The SMILES string of the molecule is Cc1ccc(S(=O)(=O)NCC(C)(C)c2ccncc2)c(NC2CC(CF)C2)n1. The van der Waals surface area contributed by atoms with Gasteiger partial charge in [0.1, 0.15) is 10.7 Å². The second-order valence-corrected chi connectivity index (χ2v) is 9.81. The average Bonchev–Trinajstić information content (AvgIpc) is 2.63. The second kappa shape index (κ2) is 8.13. The lowest BCUT2D eigenvalue weighted by Crippen LogP contribution is -2.39. The van der Waals surface area contributed by atoms with E-state index < -0.39 is 15.4 Å². The molecule has 6 nitrogen and oxygen atoms in total. The molecule has 1 fully saturated rings. The number of hydrogen-bond donors (Lipinski definition) is 2. The first-order chi connectivity index (χ1) is 13.2. The minimum Gasteiger partial charge on any atom is -0.366 e. The predicted molar refractivity (Wildman–Crippen MR) is 108 cm³/mol. The number of alkyl halides is 1. The van der Waals surface area contributed by atoms with E-state index in [1.807, 2.05) is 32.9 Å². The highest BCUT2D eigenvalue weighted by Crippen LogP contribution is 2.32. The van der Waals surface area contributed by atoms with Gasteiger partial charge in [-0.25, -0.2) is 18.1 Å². The third kappa shape index (κ3) is 4.67. The minimum absolute atomic E-state index is 0.0530. The summed E-state index contributed by atoms with van der Waals surface area (Å²) in [6.45, 7) is 5.66. The van der Waals surface area contributed by atoms with E-state index >= 15 is 0 Å². The van der Waals surface area contributed by atoms with Crippen molar-refractivity contribution < 1.29 is 12.8 Å². The molecule has 1 aliphatic carbocycles. The molecular formula is C20H27FN4O2S. The first-order valence-electron chi connectivity index (χ1n) is 9.41. The first kappa shape index (κ1) is 20.7. The Kier molecular flexibility index (Phi) is 6.00. The normalized spacial score (nSPS) is 19.9. The number of anilines is 1. The van der Waals surface area contributed by atoms with Gasteiger partial charge in [-0.3, -0.25) is 9.37 Å². The number of nitrogens with one attached hydrogen (secondary N) is 2. The number of pyridine rings is 2. The van der Waals surface area contributed by atoms with Gasteiger partial charge in [-0.2, -0.15) is 0 Å². The molecule has 1 aliphatic rings. The fourth-order valence-electron chi connectivity index (χ4n) is 3.30. The van der Waals surface area contributed by atoms with Crippen LogP contribution in [0.5, 0.6) is 0 Å². The molecule has 28 heavy (non-hydrogen) atoms. The minimum atomic E-state index is -3.76. The first-order valence-corrected chi connectivity index (χ1v) is 10.9. The van der Waals surface area contributed by atoms with Crippen LogP contribution in [0, 0.1) is 12.8 Å². The zero-order chi connectivity index (χ0) is 20.4. The van der Waals surface area contributed by atoms with Crippen molar-refractivity contribution in [3.63, 3.8) is 0 Å². The maximum atomic E-state index is 13.0. The fourth-order valence-corrected chi connectivity index (χ4v) is 4.61. The van der Waals surface area contributed by atoms with Gasteiger partial charge in [0.15, 0.2) is 0 Å². The molecule has 0 spiro atoms. The highest BCUT2D eigenvalue weighted by molar-refractivity contribution is 7.89. The van der Waals surface area contributed by atoms with E-state index in [-0.39, 0.29) is 30.1 Å². The molecule has 0 bridgehead atoms. The van der Waals surface area contributed by atoms with Crippen molar-refractivity contribution in [2.75, 3.05) is 18.5 Å². The van der Waals surface area contributed by atoms with Crippen LogP contribution in [0.1, 0.15) is 37.9 Å². The molecule has 2 N–H and O–H groups in total. The maximum absolute atomic E-state index is 13.0. The molecule has 2 aromatic rings. The number of aromatic nitrogens is 2. The highest BCUT2D eigenvalue weighted by atomic mass is 32.2. The van der Waals surface area contributed by atoms with Gasteiger partial charge >= 0.3 is 0 Å². The summed E-state index contributed by atoms with van der Waals surface area (Å²) in [7, 11) is -3.76. The van der Waals surface area contributed by atoms with Crippen LogP contribution in [0.2, 0.25) is 0 Å². The Labute approximate surface area is 166 Å². The maximum Gasteiger partial charge on any atom is 0.244 e. The topological polar surface area (TPSA) is 84.0 Å². The van der Waals surface area contributed by atoms with E-state index in [0.29, 0.717) is 18.7 Å². The zero-order valence-electron chi connectivity index (χ0n) is 16.4. The largest absolute Gasteiger partial charge is 0.366 e. The Balaban J connectivity index is 1.76. The predicted octanol–water partition coefficient (Wildman–Crippen LogP) is 3.20. The zero-order valence-corrected chi connectivity index (χ0v) is 17.3. The van der Waals surface area contributed by atoms with Gasteiger partial charge in [0.2, 0.25) is 10.0 Å². The summed E-state index contributed by atoms with van der Waals surface area (Å²) >= 11 is 0. The van der Waals surface area contributed by atoms with Gasteiger partial charge in [0.05, 0.1) is 6.67 Å². The van der Waals surface area contributed by atoms with Gasteiger partial charge in [0, 0.05) is 36.1 Å². The summed E-state index contributed by atoms with van der Waals surface area (Å²) in [5.74, 6) is 0.387. The Morgan fingerprint density at radius 3 is 2.50 bits per heavy atom. The van der Waals surface area contributed by atoms with E-state index in [0.717, 1.165) is 11.3 Å². The van der Waals surface area contributed by atoms with E-state index in [1.54, 1.807) is 24.5 Å². The molecule has 0 aliphatic heterocycles. The fraction of sp³-hybridized carbons (Fsp3) is 0.500. The van der Waals surface area contributed by atoms with Crippen molar-refractivity contribution in [2.45, 2.75) is 50.0 Å². The van der Waals surface area contributed by atoms with Gasteiger partial charge in [0.25, 0.3) is 0 Å². The molecule has 0 saturated heterocycles. The molecule has 1 saturated carbocycles. The van der Waals surface area contributed by atoms with Gasteiger partial charge < -0.3 is 5.32 Å². The number of rotatable bonds is 8. The summed E-state index contributed by atoms with van der Waals surface area (Å²) < 4.78 is 41.4. The molecule has 2 heterocycles. The Morgan fingerprint density at radius 2 is 1.86 bits per heavy atom. The van der Waals surface area contributed by atoms with Crippen molar-refractivity contribution in [1.82, 2.24) is 14.7 Å². The number of halogens is 1. The van der Waals surface area contributed by atoms with Crippen molar-refractivity contribution >= 4 is 15.8 Å². The van der Waals surface area contributed by atoms with Crippen LogP contribution < -0.4 is 10.0 Å².